The van der Waals surface area contributed by atoms with Crippen molar-refractivity contribution in [2.75, 3.05) is 52.4 Å². The Balaban J connectivity index is 0.000000372. The molecule has 2 aliphatic rings. The van der Waals surface area contributed by atoms with E-state index in [1.165, 1.54) is 26.2 Å². The largest absolute Gasteiger partial charge is 0.466 e. The molecule has 12 nitrogen and oxygen atoms in total. The predicted octanol–water partition coefficient (Wildman–Crippen LogP) is -3.15. The van der Waals surface area contributed by atoms with Crippen LogP contribution in [-0.2, 0) is 9.13 Å². The summed E-state index contributed by atoms with van der Waals surface area (Å²) >= 11 is 0. The number of hydrogen-bond donors (Lipinski definition) is 8. The number of nitrogens with one attached hydrogen (secondary N) is 2. The van der Waals surface area contributed by atoms with E-state index in [1.54, 1.807) is 0 Å². The maximum atomic E-state index is 8.88. The fourth-order valence-electron chi connectivity index (χ4n) is 1.87. The van der Waals surface area contributed by atoms with Gasteiger partial charge in [0.25, 0.3) is 0 Å². The van der Waals surface area contributed by atoms with E-state index < -0.39 is 15.6 Å². The van der Waals surface area contributed by atoms with E-state index in [1.807, 2.05) is 0 Å². The van der Waals surface area contributed by atoms with Gasteiger partial charge < -0.3 is 40.0 Å². The van der Waals surface area contributed by atoms with Crippen molar-refractivity contribution in [3.05, 3.63) is 0 Å². The van der Waals surface area contributed by atoms with Crippen molar-refractivity contribution in [3.63, 3.8) is 0 Å². The van der Waals surface area contributed by atoms with Crippen LogP contribution in [-0.4, -0.2) is 91.7 Å². The van der Waals surface area contributed by atoms with E-state index in [2.05, 4.69) is 20.7 Å². The molecule has 0 radical (unpaired) electrons. The Bertz CT molecular complexity index is 324. The summed E-state index contributed by atoms with van der Waals surface area (Å²) in [6.07, 6.45) is 0. The minimum Gasteiger partial charge on any atom is -0.314 e. The summed E-state index contributed by atoms with van der Waals surface area (Å²) in [5.41, 5.74) is 0. The third-order valence-corrected chi connectivity index (χ3v) is 2.59. The predicted molar refractivity (Wildman–Crippen MR) is 77.4 cm³/mol. The molecule has 2 aliphatic heterocycles. The first-order valence-corrected chi connectivity index (χ1v) is 9.57. The second-order valence-electron chi connectivity index (χ2n) is 4.43. The van der Waals surface area contributed by atoms with Gasteiger partial charge in [0.2, 0.25) is 0 Å². The molecular formula is C8H24N4O8P2. The number of phosphoric acid groups is 2. The molecule has 0 saturated carbocycles. The molecule has 0 aromatic rings. The summed E-state index contributed by atoms with van der Waals surface area (Å²) in [6.45, 7) is 9.29. The van der Waals surface area contributed by atoms with Crippen molar-refractivity contribution in [1.82, 2.24) is 20.7 Å². The highest BCUT2D eigenvalue weighted by atomic mass is 31.2. The second kappa shape index (κ2) is 10.8. The minimum absolute atomic E-state index is 1.14. The van der Waals surface area contributed by atoms with Gasteiger partial charge in [-0.1, -0.05) is 0 Å². The van der Waals surface area contributed by atoms with Crippen LogP contribution in [0, 0.1) is 0 Å². The summed E-state index contributed by atoms with van der Waals surface area (Å²) in [4.78, 5) is 43.1. The molecule has 8 N–H and O–H groups in total. The second-order valence-corrected chi connectivity index (χ2v) is 6.49. The highest BCUT2D eigenvalue weighted by molar-refractivity contribution is 7.45. The molecule has 0 aromatic carbocycles. The SMILES string of the molecule is C1CN(N2CCNCC2)CCN1.O=P(O)(O)O.O=P(O)(O)O. The number of piperazine rings is 2. The number of nitrogens with zero attached hydrogens (tertiary/aromatic N) is 2. The molecule has 22 heavy (non-hydrogen) atoms. The van der Waals surface area contributed by atoms with E-state index in [0.29, 0.717) is 0 Å². The first kappa shape index (κ1) is 22.1. The third kappa shape index (κ3) is 18.1. The molecule has 0 unspecified atom stereocenters. The fourth-order valence-corrected chi connectivity index (χ4v) is 1.87. The van der Waals surface area contributed by atoms with Crippen LogP contribution in [0.3, 0.4) is 0 Å². The first-order valence-electron chi connectivity index (χ1n) is 6.44. The summed E-state index contributed by atoms with van der Waals surface area (Å²) in [5, 5.41) is 11.7. The Hall–Kier alpha value is 0.0600. The maximum Gasteiger partial charge on any atom is 0.466 e. The molecule has 0 atom stereocenters. The molecule has 0 aromatic heterocycles. The van der Waals surface area contributed by atoms with E-state index in [0.717, 1.165) is 26.2 Å². The normalized spacial score (nSPS) is 21.2. The molecule has 0 bridgehead atoms. The van der Waals surface area contributed by atoms with Gasteiger partial charge in [0.15, 0.2) is 0 Å². The molecule has 2 fully saturated rings. The van der Waals surface area contributed by atoms with Gasteiger partial charge >= 0.3 is 15.6 Å². The zero-order valence-corrected chi connectivity index (χ0v) is 13.7. The lowest BCUT2D eigenvalue weighted by Crippen LogP contribution is -2.57. The summed E-state index contributed by atoms with van der Waals surface area (Å²) < 4.78 is 17.8. The van der Waals surface area contributed by atoms with E-state index in [4.69, 9.17) is 38.5 Å². The van der Waals surface area contributed by atoms with Crippen molar-refractivity contribution in [1.29, 1.82) is 0 Å². The quantitative estimate of drug-likeness (QED) is 0.218. The zero-order chi connectivity index (χ0) is 17.2. The van der Waals surface area contributed by atoms with Crippen molar-refractivity contribution < 1.29 is 38.5 Å². The summed E-state index contributed by atoms with van der Waals surface area (Å²) in [5.74, 6) is 0. The average molecular weight is 366 g/mol. The Labute approximate surface area is 128 Å². The van der Waals surface area contributed by atoms with Crippen LogP contribution in [0.15, 0.2) is 0 Å². The fraction of sp³-hybridized carbons (Fsp3) is 1.00. The van der Waals surface area contributed by atoms with Gasteiger partial charge in [-0.05, 0) is 0 Å². The Morgan fingerprint density at radius 2 is 0.773 bits per heavy atom. The van der Waals surface area contributed by atoms with Gasteiger partial charge in [-0.15, -0.1) is 0 Å². The van der Waals surface area contributed by atoms with Gasteiger partial charge in [-0.2, -0.15) is 0 Å². The molecule has 0 spiro atoms. The molecule has 14 heteroatoms. The van der Waals surface area contributed by atoms with E-state index in [-0.39, 0.29) is 0 Å². The van der Waals surface area contributed by atoms with E-state index >= 15 is 0 Å². The van der Waals surface area contributed by atoms with Crippen molar-refractivity contribution in [2.45, 2.75) is 0 Å². The number of rotatable bonds is 1. The number of hydrogen-bond acceptors (Lipinski definition) is 6. The Morgan fingerprint density at radius 1 is 0.591 bits per heavy atom. The highest BCUT2D eigenvalue weighted by Crippen LogP contribution is 2.26. The third-order valence-electron chi connectivity index (χ3n) is 2.59. The van der Waals surface area contributed by atoms with Crippen LogP contribution in [0.2, 0.25) is 0 Å². The van der Waals surface area contributed by atoms with Crippen molar-refractivity contribution in [3.8, 4) is 0 Å². The van der Waals surface area contributed by atoms with Crippen molar-refractivity contribution >= 4 is 15.6 Å². The first-order chi connectivity index (χ1) is 9.97. The van der Waals surface area contributed by atoms with Crippen LogP contribution in [0.5, 0.6) is 0 Å². The lowest BCUT2D eigenvalue weighted by molar-refractivity contribution is -0.0417. The highest BCUT2D eigenvalue weighted by Gasteiger charge is 2.18. The molecule has 0 aliphatic carbocycles. The molecule has 2 saturated heterocycles. The van der Waals surface area contributed by atoms with Crippen LogP contribution < -0.4 is 10.6 Å². The topological polar surface area (TPSA) is 186 Å². The molecule has 134 valence electrons. The van der Waals surface area contributed by atoms with Gasteiger partial charge in [-0.3, -0.25) is 0 Å². The molecule has 2 rings (SSSR count). The van der Waals surface area contributed by atoms with Crippen LogP contribution >= 0.6 is 15.6 Å². The van der Waals surface area contributed by atoms with Crippen molar-refractivity contribution in [2.24, 2.45) is 0 Å². The smallest absolute Gasteiger partial charge is 0.314 e. The average Bonchev–Trinajstić information content (AvgIpc) is 2.37. The minimum atomic E-state index is -4.64. The number of hydrazine groups is 1. The molecule has 0 amide bonds. The van der Waals surface area contributed by atoms with Gasteiger partial charge in [0.05, 0.1) is 0 Å². The zero-order valence-electron chi connectivity index (χ0n) is 11.9. The maximum absolute atomic E-state index is 8.88. The van der Waals surface area contributed by atoms with Crippen LogP contribution in [0.25, 0.3) is 0 Å². The van der Waals surface area contributed by atoms with Crippen LogP contribution in [0.4, 0.5) is 0 Å². The Morgan fingerprint density at radius 3 is 0.955 bits per heavy atom. The van der Waals surface area contributed by atoms with Gasteiger partial charge in [0, 0.05) is 52.4 Å². The monoisotopic (exact) mass is 366 g/mol. The van der Waals surface area contributed by atoms with Crippen LogP contribution in [0.1, 0.15) is 0 Å². The lowest BCUT2D eigenvalue weighted by atomic mass is 10.4. The summed E-state index contributed by atoms with van der Waals surface area (Å²) in [6, 6.07) is 0. The standard InChI is InChI=1S/C8H18N4.2H3O4P/c1-5-11(6-2-9-1)12-7-3-10-4-8-12;2*1-5(2,3)4/h9-10H,1-8H2;2*(H3,1,2,3,4). The van der Waals surface area contributed by atoms with E-state index in [9.17, 15) is 0 Å². The van der Waals surface area contributed by atoms with Gasteiger partial charge in [0.1, 0.15) is 0 Å². The van der Waals surface area contributed by atoms with Gasteiger partial charge in [-0.25, -0.2) is 19.1 Å². The summed E-state index contributed by atoms with van der Waals surface area (Å²) in [7, 11) is -9.28. The molecular weight excluding hydrogens is 342 g/mol. The lowest BCUT2D eigenvalue weighted by Gasteiger charge is -2.39. The Kier molecular flexibility index (Phi) is 10.8. The molecule has 2 heterocycles.